The number of rotatable bonds is 7. The van der Waals surface area contributed by atoms with Crippen LogP contribution in [-0.4, -0.2) is 24.7 Å². The molecule has 2 unspecified atom stereocenters. The molecule has 4 nitrogen and oxygen atoms in total. The Balaban J connectivity index is 0.000000481. The first-order valence-corrected chi connectivity index (χ1v) is 11.6. The highest BCUT2D eigenvalue weighted by Crippen LogP contribution is 2.43. The molecule has 3 aromatic rings. The van der Waals surface area contributed by atoms with Crippen LogP contribution in [0.15, 0.2) is 61.3 Å². The maximum atomic E-state index is 14.7. The van der Waals surface area contributed by atoms with Crippen molar-refractivity contribution in [1.29, 1.82) is 0 Å². The van der Waals surface area contributed by atoms with Gasteiger partial charge in [-0.2, -0.15) is 0 Å². The molecule has 2 heterocycles. The molecular formula is C28H33F2N3O. The van der Waals surface area contributed by atoms with E-state index in [9.17, 15) is 8.78 Å². The molecule has 0 fully saturated rings. The normalized spacial score (nSPS) is 14.9. The Morgan fingerprint density at radius 2 is 1.94 bits per heavy atom. The van der Waals surface area contributed by atoms with E-state index in [4.69, 9.17) is 15.5 Å². The summed E-state index contributed by atoms with van der Waals surface area (Å²) < 4.78 is 34.3. The molecule has 0 spiro atoms. The second-order valence-electron chi connectivity index (χ2n) is 8.46. The van der Waals surface area contributed by atoms with Gasteiger partial charge < -0.3 is 15.8 Å². The zero-order valence-corrected chi connectivity index (χ0v) is 20.1. The Morgan fingerprint density at radius 1 is 1.21 bits per heavy atom. The summed E-state index contributed by atoms with van der Waals surface area (Å²) in [7, 11) is 0. The third-order valence-electron chi connectivity index (χ3n) is 5.87. The fourth-order valence-corrected chi connectivity index (χ4v) is 3.95. The summed E-state index contributed by atoms with van der Waals surface area (Å²) in [5.74, 6) is -0.614. The molecule has 2 atom stereocenters. The largest absolute Gasteiger partial charge is 0.490 e. The average Bonchev–Trinajstić information content (AvgIpc) is 3.22. The van der Waals surface area contributed by atoms with Crippen molar-refractivity contribution in [3.63, 3.8) is 0 Å². The van der Waals surface area contributed by atoms with Crippen molar-refractivity contribution >= 4 is 0 Å². The number of halogens is 2. The number of hydrogen-bond donors (Lipinski definition) is 2. The van der Waals surface area contributed by atoms with E-state index in [2.05, 4.69) is 25.7 Å². The first-order valence-electron chi connectivity index (χ1n) is 11.6. The molecule has 2 aromatic carbocycles. The third-order valence-corrected chi connectivity index (χ3v) is 5.87. The van der Waals surface area contributed by atoms with Gasteiger partial charge in [0.25, 0.3) is 0 Å². The van der Waals surface area contributed by atoms with Crippen LogP contribution >= 0.6 is 0 Å². The Kier molecular flexibility index (Phi) is 8.77. The lowest BCUT2D eigenvalue weighted by atomic mass is 9.91. The van der Waals surface area contributed by atoms with Crippen LogP contribution in [-0.2, 0) is 0 Å². The molecule has 0 bridgehead atoms. The van der Waals surface area contributed by atoms with Crippen molar-refractivity contribution in [2.45, 2.75) is 39.0 Å². The van der Waals surface area contributed by atoms with Gasteiger partial charge in [-0.1, -0.05) is 50.8 Å². The molecule has 0 radical (unpaired) electrons. The van der Waals surface area contributed by atoms with Gasteiger partial charge in [-0.05, 0) is 42.8 Å². The summed E-state index contributed by atoms with van der Waals surface area (Å²) in [6.07, 6.45) is 2.88. The number of nitrogens with zero attached hydrogens (tertiary/aromatic N) is 1. The average molecular weight is 466 g/mol. The number of nitrogens with one attached hydrogen (secondary N) is 1. The number of ether oxygens (including phenoxy) is 1. The van der Waals surface area contributed by atoms with Crippen LogP contribution in [0.1, 0.15) is 54.5 Å². The molecule has 6 heteroatoms. The van der Waals surface area contributed by atoms with E-state index in [0.717, 1.165) is 29.4 Å². The minimum Gasteiger partial charge on any atom is -0.490 e. The Labute approximate surface area is 200 Å². The minimum absolute atomic E-state index is 0.123. The van der Waals surface area contributed by atoms with Crippen LogP contribution in [0, 0.1) is 18.6 Å². The lowest BCUT2D eigenvalue weighted by Gasteiger charge is -2.19. The molecule has 1 aromatic heterocycles. The van der Waals surface area contributed by atoms with Crippen LogP contribution < -0.4 is 15.8 Å². The van der Waals surface area contributed by atoms with Crippen LogP contribution in [0.5, 0.6) is 5.75 Å². The van der Waals surface area contributed by atoms with Gasteiger partial charge in [0.15, 0.2) is 0 Å². The quantitative estimate of drug-likeness (QED) is 0.417. The maximum absolute atomic E-state index is 14.7. The van der Waals surface area contributed by atoms with Crippen LogP contribution in [0.25, 0.3) is 11.3 Å². The highest BCUT2D eigenvalue weighted by atomic mass is 19.1. The first-order chi connectivity index (χ1) is 16.4. The van der Waals surface area contributed by atoms with Gasteiger partial charge in [0.1, 0.15) is 23.1 Å². The molecule has 0 saturated carbocycles. The Hall–Kier alpha value is -3.25. The number of benzene rings is 2. The van der Waals surface area contributed by atoms with Crippen molar-refractivity contribution < 1.29 is 13.5 Å². The minimum atomic E-state index is -0.651. The van der Waals surface area contributed by atoms with Crippen molar-refractivity contribution in [1.82, 2.24) is 10.3 Å². The highest BCUT2D eigenvalue weighted by molar-refractivity contribution is 5.71. The summed E-state index contributed by atoms with van der Waals surface area (Å²) in [6, 6.07) is 14.3. The standard InChI is InChI=1S/C23H22F2N2O.C5H11N/c1-13-8-17(20(25)10-19(13)24)22-23-16(14(2)12-28-23)9-21(27-22)18(11-26)15-6-4-3-5-7-15;1-3-5-6-4-2/h3-10,14,18H,11-12,26H2,1-2H3;4,6H,2-3,5H2,1H3. The number of pyridine rings is 1. The van der Waals surface area contributed by atoms with E-state index in [1.807, 2.05) is 36.4 Å². The van der Waals surface area contributed by atoms with Gasteiger partial charge in [0.05, 0.1) is 12.3 Å². The van der Waals surface area contributed by atoms with Gasteiger partial charge >= 0.3 is 0 Å². The van der Waals surface area contributed by atoms with Crippen LogP contribution in [0.4, 0.5) is 8.78 Å². The Bertz CT molecular complexity index is 1120. The summed E-state index contributed by atoms with van der Waals surface area (Å²) in [4.78, 5) is 4.76. The topological polar surface area (TPSA) is 60.2 Å². The smallest absolute Gasteiger partial charge is 0.149 e. The van der Waals surface area contributed by atoms with E-state index < -0.39 is 11.6 Å². The molecule has 1 aliphatic rings. The van der Waals surface area contributed by atoms with E-state index in [1.54, 1.807) is 13.1 Å². The Morgan fingerprint density at radius 3 is 2.56 bits per heavy atom. The number of fused-ring (bicyclic) bond motifs is 1. The van der Waals surface area contributed by atoms with Gasteiger partial charge in [0, 0.05) is 42.1 Å². The molecule has 0 aliphatic carbocycles. The van der Waals surface area contributed by atoms with Crippen molar-refractivity contribution in [3.8, 4) is 17.0 Å². The molecule has 180 valence electrons. The number of aryl methyl sites for hydroxylation is 1. The van der Waals surface area contributed by atoms with Gasteiger partial charge in [-0.15, -0.1) is 0 Å². The molecule has 0 amide bonds. The monoisotopic (exact) mass is 465 g/mol. The van der Waals surface area contributed by atoms with Crippen molar-refractivity contribution in [2.24, 2.45) is 5.73 Å². The highest BCUT2D eigenvalue weighted by Gasteiger charge is 2.29. The third kappa shape index (κ3) is 5.62. The predicted octanol–water partition coefficient (Wildman–Crippen LogP) is 6.05. The summed E-state index contributed by atoms with van der Waals surface area (Å²) in [5, 5.41) is 2.96. The van der Waals surface area contributed by atoms with Gasteiger partial charge in [0.2, 0.25) is 0 Å². The van der Waals surface area contributed by atoms with Crippen molar-refractivity contribution in [2.75, 3.05) is 19.7 Å². The van der Waals surface area contributed by atoms with Crippen molar-refractivity contribution in [3.05, 3.63) is 95.3 Å². The zero-order chi connectivity index (χ0) is 24.7. The molecular weight excluding hydrogens is 432 g/mol. The lowest BCUT2D eigenvalue weighted by Crippen LogP contribution is -2.16. The first kappa shape index (κ1) is 25.4. The van der Waals surface area contributed by atoms with E-state index in [-0.39, 0.29) is 17.4 Å². The zero-order valence-electron chi connectivity index (χ0n) is 20.1. The van der Waals surface area contributed by atoms with E-state index >= 15 is 0 Å². The number of aromatic nitrogens is 1. The van der Waals surface area contributed by atoms with Crippen LogP contribution in [0.2, 0.25) is 0 Å². The van der Waals surface area contributed by atoms with E-state index in [1.165, 1.54) is 12.5 Å². The maximum Gasteiger partial charge on any atom is 0.149 e. The second kappa shape index (κ2) is 11.7. The summed E-state index contributed by atoms with van der Waals surface area (Å²) in [5.41, 5.74) is 9.90. The SMILES string of the molecule is C=CNCCC.Cc1cc(-c2nc(C(CN)c3ccccc3)cc3c2OCC3C)c(F)cc1F. The van der Waals surface area contributed by atoms with E-state index in [0.29, 0.717) is 30.2 Å². The van der Waals surface area contributed by atoms with Crippen LogP contribution in [0.3, 0.4) is 0 Å². The molecule has 1 aliphatic heterocycles. The molecule has 4 rings (SSSR count). The predicted molar refractivity (Wildman–Crippen MR) is 134 cm³/mol. The lowest BCUT2D eigenvalue weighted by molar-refractivity contribution is 0.337. The summed E-state index contributed by atoms with van der Waals surface area (Å²) in [6.45, 7) is 11.2. The van der Waals surface area contributed by atoms with Gasteiger partial charge in [-0.3, -0.25) is 0 Å². The fraction of sp³-hybridized carbons (Fsp3) is 0.321. The number of nitrogens with two attached hydrogens (primary N) is 1. The second-order valence-corrected chi connectivity index (χ2v) is 8.46. The fourth-order valence-electron chi connectivity index (χ4n) is 3.95. The molecule has 34 heavy (non-hydrogen) atoms. The molecule has 0 saturated heterocycles. The summed E-state index contributed by atoms with van der Waals surface area (Å²) >= 11 is 0. The van der Waals surface area contributed by atoms with Gasteiger partial charge in [-0.25, -0.2) is 13.8 Å². The molecule has 3 N–H and O–H groups in total. The number of hydrogen-bond acceptors (Lipinski definition) is 4.